The van der Waals surface area contributed by atoms with Crippen LogP contribution in [0.25, 0.3) is 5.82 Å². The molecule has 2 aromatic heterocycles. The van der Waals surface area contributed by atoms with Crippen LogP contribution in [0.2, 0.25) is 0 Å². The van der Waals surface area contributed by atoms with Crippen LogP contribution in [-0.4, -0.2) is 49.6 Å². The van der Waals surface area contributed by atoms with Gasteiger partial charge in [0.25, 0.3) is 5.91 Å². The van der Waals surface area contributed by atoms with Crippen LogP contribution in [0.3, 0.4) is 0 Å². The molecule has 1 aliphatic heterocycles. The summed E-state index contributed by atoms with van der Waals surface area (Å²) >= 11 is 0. The van der Waals surface area contributed by atoms with Gasteiger partial charge in [0.2, 0.25) is 5.91 Å². The van der Waals surface area contributed by atoms with Crippen LogP contribution in [0.5, 0.6) is 0 Å². The van der Waals surface area contributed by atoms with E-state index >= 15 is 0 Å². The van der Waals surface area contributed by atoms with E-state index in [1.54, 1.807) is 16.8 Å². The van der Waals surface area contributed by atoms with Crippen molar-refractivity contribution in [1.29, 1.82) is 0 Å². The summed E-state index contributed by atoms with van der Waals surface area (Å²) in [5.74, 6) is -0.0460. The van der Waals surface area contributed by atoms with Crippen molar-refractivity contribution in [2.75, 3.05) is 11.9 Å². The summed E-state index contributed by atoms with van der Waals surface area (Å²) in [5, 5.41) is 9.94. The zero-order valence-electron chi connectivity index (χ0n) is 17.4. The Morgan fingerprint density at radius 2 is 2.10 bits per heavy atom. The highest BCUT2D eigenvalue weighted by Crippen LogP contribution is 2.38. The van der Waals surface area contributed by atoms with Gasteiger partial charge in [0.05, 0.1) is 17.6 Å². The molecule has 0 aromatic carbocycles. The fourth-order valence-corrected chi connectivity index (χ4v) is 4.43. The molecule has 3 heterocycles. The molecule has 1 saturated heterocycles. The second-order valence-electron chi connectivity index (χ2n) is 8.23. The summed E-state index contributed by atoms with van der Waals surface area (Å²) in [4.78, 5) is 43.2. The van der Waals surface area contributed by atoms with Gasteiger partial charge < -0.3 is 10.6 Å². The normalized spacial score (nSPS) is 23.7. The quantitative estimate of drug-likeness (QED) is 0.752. The minimum Gasteiger partial charge on any atom is -0.323 e. The third-order valence-electron chi connectivity index (χ3n) is 6.06. The summed E-state index contributed by atoms with van der Waals surface area (Å²) in [7, 11) is 0. The van der Waals surface area contributed by atoms with E-state index in [2.05, 4.69) is 20.7 Å². The van der Waals surface area contributed by atoms with Crippen molar-refractivity contribution in [3.63, 3.8) is 0 Å². The largest absolute Gasteiger partial charge is 0.325 e. The van der Waals surface area contributed by atoms with E-state index in [1.165, 1.54) is 6.20 Å². The number of anilines is 1. The lowest BCUT2D eigenvalue weighted by atomic mass is 9.73. The molecule has 2 fully saturated rings. The number of carbonyl (C=O) groups is 3. The Hall–Kier alpha value is -3.23. The number of carbonyl (C=O) groups excluding carboxylic acids is 3. The molecule has 0 bridgehead atoms. The number of hydrogen-bond donors (Lipinski definition) is 2. The monoisotopic (exact) mass is 410 g/mol. The number of imide groups is 1. The average molecular weight is 410 g/mol. The molecule has 2 aromatic rings. The van der Waals surface area contributed by atoms with Gasteiger partial charge >= 0.3 is 6.03 Å². The summed E-state index contributed by atoms with van der Waals surface area (Å²) in [5.41, 5.74) is 1.48. The van der Waals surface area contributed by atoms with Crippen LogP contribution in [0.1, 0.15) is 44.0 Å². The second-order valence-corrected chi connectivity index (χ2v) is 8.23. The SMILES string of the molecule is Cc1cc(C)n(-c2ccc(NC(=O)CN3C(=O)NC4(CCCCC4C)C3=O)cn2)n1. The summed E-state index contributed by atoms with van der Waals surface area (Å²) in [6.07, 6.45) is 4.98. The first-order chi connectivity index (χ1) is 14.3. The number of hydrogen-bond acceptors (Lipinski definition) is 5. The average Bonchev–Trinajstić information content (AvgIpc) is 3.16. The minimum atomic E-state index is -0.863. The smallest absolute Gasteiger partial charge is 0.323 e. The number of amides is 4. The molecule has 1 spiro atoms. The van der Waals surface area contributed by atoms with Gasteiger partial charge in [-0.15, -0.1) is 0 Å². The van der Waals surface area contributed by atoms with Gasteiger partial charge in [-0.3, -0.25) is 14.5 Å². The third kappa shape index (κ3) is 3.44. The lowest BCUT2D eigenvalue weighted by Gasteiger charge is -2.36. The van der Waals surface area contributed by atoms with Crippen molar-refractivity contribution in [3.8, 4) is 5.82 Å². The Labute approximate surface area is 174 Å². The molecule has 9 heteroatoms. The Bertz CT molecular complexity index is 999. The standard InChI is InChI=1S/C21H26N6O3/c1-13-6-4-5-9-21(13)19(29)26(20(30)24-21)12-18(28)23-16-7-8-17(22-11-16)27-15(3)10-14(2)25-27/h7-8,10-11,13H,4-6,9,12H2,1-3H3,(H,23,28)(H,24,30). The van der Waals surface area contributed by atoms with Gasteiger partial charge in [-0.25, -0.2) is 14.5 Å². The van der Waals surface area contributed by atoms with Gasteiger partial charge in [-0.05, 0) is 50.8 Å². The predicted octanol–water partition coefficient (Wildman–Crippen LogP) is 2.32. The minimum absolute atomic E-state index is 0.0573. The maximum atomic E-state index is 13.0. The zero-order chi connectivity index (χ0) is 21.5. The van der Waals surface area contributed by atoms with E-state index in [0.717, 1.165) is 35.6 Å². The molecule has 2 aliphatic rings. The first-order valence-corrected chi connectivity index (χ1v) is 10.2. The van der Waals surface area contributed by atoms with E-state index in [-0.39, 0.29) is 18.4 Å². The number of nitrogens with one attached hydrogen (secondary N) is 2. The van der Waals surface area contributed by atoms with E-state index in [4.69, 9.17) is 0 Å². The lowest BCUT2D eigenvalue weighted by molar-refractivity contribution is -0.136. The van der Waals surface area contributed by atoms with Gasteiger partial charge in [0, 0.05) is 5.69 Å². The van der Waals surface area contributed by atoms with Gasteiger partial charge in [-0.2, -0.15) is 5.10 Å². The zero-order valence-corrected chi connectivity index (χ0v) is 17.4. The van der Waals surface area contributed by atoms with Crippen LogP contribution in [0, 0.1) is 19.8 Å². The molecule has 2 unspecified atom stereocenters. The van der Waals surface area contributed by atoms with Gasteiger partial charge in [-0.1, -0.05) is 19.8 Å². The topological polar surface area (TPSA) is 109 Å². The summed E-state index contributed by atoms with van der Waals surface area (Å²) < 4.78 is 1.72. The molecule has 1 saturated carbocycles. The van der Waals surface area contributed by atoms with Crippen LogP contribution in [-0.2, 0) is 9.59 Å². The highest BCUT2D eigenvalue weighted by Gasteiger charge is 2.55. The number of rotatable bonds is 4. The van der Waals surface area contributed by atoms with Gasteiger partial charge in [0.15, 0.2) is 5.82 Å². The van der Waals surface area contributed by atoms with Gasteiger partial charge in [0.1, 0.15) is 12.1 Å². The number of urea groups is 1. The van der Waals surface area contributed by atoms with Crippen molar-refractivity contribution < 1.29 is 14.4 Å². The molecular formula is C21H26N6O3. The van der Waals surface area contributed by atoms with Crippen molar-refractivity contribution in [2.24, 2.45) is 5.92 Å². The third-order valence-corrected chi connectivity index (χ3v) is 6.06. The number of pyridine rings is 1. The van der Waals surface area contributed by atoms with Crippen molar-refractivity contribution in [2.45, 2.75) is 52.0 Å². The van der Waals surface area contributed by atoms with E-state index in [0.29, 0.717) is 17.9 Å². The second kappa shape index (κ2) is 7.55. The first-order valence-electron chi connectivity index (χ1n) is 10.2. The predicted molar refractivity (Wildman–Crippen MR) is 110 cm³/mol. The van der Waals surface area contributed by atoms with E-state index in [1.807, 2.05) is 26.8 Å². The molecule has 158 valence electrons. The number of nitrogens with zero attached hydrogens (tertiary/aromatic N) is 4. The van der Waals surface area contributed by atoms with Crippen LogP contribution < -0.4 is 10.6 Å². The van der Waals surface area contributed by atoms with Crippen LogP contribution in [0.15, 0.2) is 24.4 Å². The van der Waals surface area contributed by atoms with Crippen molar-refractivity contribution in [3.05, 3.63) is 35.8 Å². The highest BCUT2D eigenvalue weighted by molar-refractivity contribution is 6.10. The molecule has 2 atom stereocenters. The molecule has 9 nitrogen and oxygen atoms in total. The fraction of sp³-hybridized carbons (Fsp3) is 0.476. The Morgan fingerprint density at radius 3 is 2.73 bits per heavy atom. The van der Waals surface area contributed by atoms with E-state index < -0.39 is 17.5 Å². The Kier molecular flexibility index (Phi) is 5.05. The lowest BCUT2D eigenvalue weighted by Crippen LogP contribution is -2.54. The number of aryl methyl sites for hydroxylation is 2. The molecular weight excluding hydrogens is 384 g/mol. The molecule has 4 rings (SSSR count). The van der Waals surface area contributed by atoms with Crippen molar-refractivity contribution >= 4 is 23.5 Å². The maximum absolute atomic E-state index is 13.0. The Morgan fingerprint density at radius 1 is 1.30 bits per heavy atom. The van der Waals surface area contributed by atoms with E-state index in [9.17, 15) is 14.4 Å². The number of aromatic nitrogens is 3. The molecule has 4 amide bonds. The first kappa shape index (κ1) is 20.1. The van der Waals surface area contributed by atoms with Crippen LogP contribution >= 0.6 is 0 Å². The molecule has 1 aliphatic carbocycles. The summed E-state index contributed by atoms with van der Waals surface area (Å²) in [6, 6.07) is 4.92. The molecule has 0 radical (unpaired) electrons. The Balaban J connectivity index is 1.42. The maximum Gasteiger partial charge on any atom is 0.325 e. The highest BCUT2D eigenvalue weighted by atomic mass is 16.2. The van der Waals surface area contributed by atoms with Crippen LogP contribution in [0.4, 0.5) is 10.5 Å². The molecule has 30 heavy (non-hydrogen) atoms. The van der Waals surface area contributed by atoms with Crippen molar-refractivity contribution in [1.82, 2.24) is 25.0 Å². The summed E-state index contributed by atoms with van der Waals surface area (Å²) in [6.45, 7) is 5.51. The molecule has 2 N–H and O–H groups in total. The fourth-order valence-electron chi connectivity index (χ4n) is 4.43.